The number of sulfonamides is 1. The summed E-state index contributed by atoms with van der Waals surface area (Å²) in [6, 6.07) is 10.4. The van der Waals surface area contributed by atoms with E-state index in [0.29, 0.717) is 25.2 Å². The van der Waals surface area contributed by atoms with Crippen LogP contribution in [0.1, 0.15) is 42.1 Å². The largest absolute Gasteiger partial charge is 0.335 e. The minimum Gasteiger partial charge on any atom is -0.335 e. The molecular weight excluding hydrogens is 415 g/mol. The third-order valence-electron chi connectivity index (χ3n) is 5.04. The zero-order chi connectivity index (χ0) is 21.0. The van der Waals surface area contributed by atoms with Gasteiger partial charge in [-0.1, -0.05) is 30.2 Å². The second kappa shape index (κ2) is 9.24. The Morgan fingerprint density at radius 1 is 1.14 bits per heavy atom. The first kappa shape index (κ1) is 21.7. The predicted octanol–water partition coefficient (Wildman–Crippen LogP) is 4.32. The van der Waals surface area contributed by atoms with Crippen LogP contribution in [0.4, 0.5) is 4.39 Å². The van der Waals surface area contributed by atoms with E-state index < -0.39 is 10.0 Å². The lowest BCUT2D eigenvalue weighted by Crippen LogP contribution is -2.36. The van der Waals surface area contributed by atoms with Gasteiger partial charge in [0.15, 0.2) is 0 Å². The molecule has 1 aliphatic rings. The summed E-state index contributed by atoms with van der Waals surface area (Å²) in [5.41, 5.74) is 0.901. The summed E-state index contributed by atoms with van der Waals surface area (Å²) in [6.45, 7) is 3.35. The maximum atomic E-state index is 13.5. The van der Waals surface area contributed by atoms with Gasteiger partial charge in [-0.3, -0.25) is 4.79 Å². The molecule has 0 unspecified atom stereocenters. The minimum absolute atomic E-state index is 0.0475. The Labute approximate surface area is 176 Å². The first-order chi connectivity index (χ1) is 13.8. The van der Waals surface area contributed by atoms with Gasteiger partial charge in [-0.2, -0.15) is 4.31 Å². The van der Waals surface area contributed by atoms with E-state index in [1.807, 2.05) is 6.92 Å². The number of hydrogen-bond donors (Lipinski definition) is 0. The molecule has 3 rings (SSSR count). The smallest absolute Gasteiger partial charge is 0.254 e. The topological polar surface area (TPSA) is 57.7 Å². The van der Waals surface area contributed by atoms with Gasteiger partial charge in [0.1, 0.15) is 10.7 Å². The second-order valence-corrected chi connectivity index (χ2v) is 9.37. The van der Waals surface area contributed by atoms with Crippen LogP contribution in [0, 0.1) is 5.82 Å². The van der Waals surface area contributed by atoms with Crippen molar-refractivity contribution in [2.75, 3.05) is 19.6 Å². The third-order valence-corrected chi connectivity index (χ3v) is 7.42. The van der Waals surface area contributed by atoms with Gasteiger partial charge >= 0.3 is 0 Å². The molecule has 0 aromatic heterocycles. The highest BCUT2D eigenvalue weighted by atomic mass is 35.5. The second-order valence-electron chi connectivity index (χ2n) is 7.06. The van der Waals surface area contributed by atoms with E-state index in [0.717, 1.165) is 19.3 Å². The lowest BCUT2D eigenvalue weighted by Gasteiger charge is -2.26. The highest BCUT2D eigenvalue weighted by molar-refractivity contribution is 7.89. The van der Waals surface area contributed by atoms with Crippen LogP contribution in [0.25, 0.3) is 0 Å². The van der Waals surface area contributed by atoms with Crippen molar-refractivity contribution in [1.29, 1.82) is 0 Å². The quantitative estimate of drug-likeness (QED) is 0.675. The minimum atomic E-state index is -3.76. The number of piperidine rings is 1. The molecular formula is C21H24ClFN2O3S. The van der Waals surface area contributed by atoms with Crippen molar-refractivity contribution in [3.8, 4) is 0 Å². The number of carbonyl (C=O) groups excluding carboxylic acids is 1. The SMILES string of the molecule is CCN(Cc1cccc(F)c1)C(=O)c1ccc(Cl)c(S(=O)(=O)N2CCCCC2)c1. The molecule has 2 aromatic carbocycles. The molecule has 1 amide bonds. The van der Waals surface area contributed by atoms with E-state index in [4.69, 9.17) is 11.6 Å². The Bertz CT molecular complexity index is 991. The number of amides is 1. The van der Waals surface area contributed by atoms with Crippen LogP contribution in [-0.2, 0) is 16.6 Å². The van der Waals surface area contributed by atoms with E-state index in [1.54, 1.807) is 12.1 Å². The number of benzene rings is 2. The maximum absolute atomic E-state index is 13.5. The molecule has 156 valence electrons. The summed E-state index contributed by atoms with van der Waals surface area (Å²) in [4.78, 5) is 14.5. The normalized spacial score (nSPS) is 15.3. The van der Waals surface area contributed by atoms with Gasteiger partial charge in [-0.25, -0.2) is 12.8 Å². The Kier molecular flexibility index (Phi) is 6.93. The molecule has 2 aromatic rings. The van der Waals surface area contributed by atoms with Crippen molar-refractivity contribution in [3.05, 3.63) is 64.4 Å². The van der Waals surface area contributed by atoms with Crippen LogP contribution in [0.2, 0.25) is 5.02 Å². The van der Waals surface area contributed by atoms with Crippen LogP contribution in [0.3, 0.4) is 0 Å². The zero-order valence-corrected chi connectivity index (χ0v) is 17.8. The van der Waals surface area contributed by atoms with Crippen LogP contribution >= 0.6 is 11.6 Å². The summed E-state index contributed by atoms with van der Waals surface area (Å²) in [7, 11) is -3.76. The van der Waals surface area contributed by atoms with Gasteiger partial charge < -0.3 is 4.90 Å². The first-order valence-electron chi connectivity index (χ1n) is 9.66. The molecule has 0 atom stereocenters. The lowest BCUT2D eigenvalue weighted by molar-refractivity contribution is 0.0752. The van der Waals surface area contributed by atoms with Crippen molar-refractivity contribution in [2.24, 2.45) is 0 Å². The van der Waals surface area contributed by atoms with E-state index >= 15 is 0 Å². The van der Waals surface area contributed by atoms with Crippen molar-refractivity contribution in [3.63, 3.8) is 0 Å². The van der Waals surface area contributed by atoms with Crippen molar-refractivity contribution in [1.82, 2.24) is 9.21 Å². The van der Waals surface area contributed by atoms with E-state index in [9.17, 15) is 17.6 Å². The Morgan fingerprint density at radius 2 is 1.86 bits per heavy atom. The van der Waals surface area contributed by atoms with Gasteiger partial charge in [-0.05, 0) is 55.7 Å². The molecule has 1 saturated heterocycles. The molecule has 5 nitrogen and oxygen atoms in total. The molecule has 1 heterocycles. The number of halogens is 2. The maximum Gasteiger partial charge on any atom is 0.254 e. The average molecular weight is 439 g/mol. The van der Waals surface area contributed by atoms with Crippen LogP contribution in [0.5, 0.6) is 0 Å². The molecule has 0 aliphatic carbocycles. The summed E-state index contributed by atoms with van der Waals surface area (Å²) < 4.78 is 40.9. The number of nitrogens with zero attached hydrogens (tertiary/aromatic N) is 2. The summed E-state index contributed by atoms with van der Waals surface area (Å²) in [6.07, 6.45) is 2.63. The number of hydrogen-bond acceptors (Lipinski definition) is 3. The lowest BCUT2D eigenvalue weighted by atomic mass is 10.1. The Morgan fingerprint density at radius 3 is 2.52 bits per heavy atom. The summed E-state index contributed by atoms with van der Waals surface area (Å²) in [5.74, 6) is -0.698. The van der Waals surface area contributed by atoms with Gasteiger partial charge in [0.05, 0.1) is 5.02 Å². The molecule has 0 bridgehead atoms. The highest BCUT2D eigenvalue weighted by Gasteiger charge is 2.29. The van der Waals surface area contributed by atoms with E-state index in [-0.39, 0.29) is 33.8 Å². The first-order valence-corrected chi connectivity index (χ1v) is 11.5. The molecule has 0 saturated carbocycles. The molecule has 0 radical (unpaired) electrons. The number of rotatable bonds is 6. The van der Waals surface area contributed by atoms with Crippen LogP contribution in [-0.4, -0.2) is 43.2 Å². The highest BCUT2D eigenvalue weighted by Crippen LogP contribution is 2.28. The molecule has 0 N–H and O–H groups in total. The van der Waals surface area contributed by atoms with E-state index in [1.165, 1.54) is 39.5 Å². The van der Waals surface area contributed by atoms with Gasteiger partial charge in [-0.15, -0.1) is 0 Å². The van der Waals surface area contributed by atoms with Crippen LogP contribution < -0.4 is 0 Å². The van der Waals surface area contributed by atoms with Crippen molar-refractivity contribution < 1.29 is 17.6 Å². The van der Waals surface area contributed by atoms with Gasteiger partial charge in [0.2, 0.25) is 10.0 Å². The summed E-state index contributed by atoms with van der Waals surface area (Å²) in [5, 5.41) is 0.0975. The molecule has 1 aliphatic heterocycles. The zero-order valence-electron chi connectivity index (χ0n) is 16.3. The predicted molar refractivity (Wildman–Crippen MR) is 111 cm³/mol. The Hall–Kier alpha value is -1.96. The fourth-order valence-electron chi connectivity index (χ4n) is 3.44. The standard InChI is InChI=1S/C21H24ClFN2O3S/c1-2-24(15-16-7-6-8-18(23)13-16)21(26)17-9-10-19(22)20(14-17)29(27,28)25-11-4-3-5-12-25/h6-10,13-14H,2-5,11-12,15H2,1H3. The van der Waals surface area contributed by atoms with Crippen molar-refractivity contribution in [2.45, 2.75) is 37.6 Å². The fourth-order valence-corrected chi connectivity index (χ4v) is 5.46. The van der Waals surface area contributed by atoms with E-state index in [2.05, 4.69) is 0 Å². The molecule has 29 heavy (non-hydrogen) atoms. The third kappa shape index (κ3) is 4.97. The molecule has 1 fully saturated rings. The Balaban J connectivity index is 1.88. The van der Waals surface area contributed by atoms with Gasteiger partial charge in [0, 0.05) is 31.7 Å². The average Bonchev–Trinajstić information content (AvgIpc) is 2.72. The monoisotopic (exact) mass is 438 g/mol. The number of carbonyl (C=O) groups is 1. The van der Waals surface area contributed by atoms with Gasteiger partial charge in [0.25, 0.3) is 5.91 Å². The summed E-state index contributed by atoms with van der Waals surface area (Å²) >= 11 is 6.19. The van der Waals surface area contributed by atoms with Crippen molar-refractivity contribution >= 4 is 27.5 Å². The molecule has 0 spiro atoms. The fraction of sp³-hybridized carbons (Fsp3) is 0.381. The van der Waals surface area contributed by atoms with Crippen LogP contribution in [0.15, 0.2) is 47.4 Å². The molecule has 8 heteroatoms.